The molecule has 0 aromatic heterocycles. The molecule has 2 amide bonds. The lowest BCUT2D eigenvalue weighted by atomic mass is 9.97. The SMILES string of the molecule is O=C(C[C@H]1C=C[C@H](NC(=O)C2CCOCC2)[C@@H](CO)O1)NCC1CC1. The van der Waals surface area contributed by atoms with Gasteiger partial charge in [0.25, 0.3) is 0 Å². The lowest BCUT2D eigenvalue weighted by molar-refractivity contribution is -0.132. The summed E-state index contributed by atoms with van der Waals surface area (Å²) in [6.07, 6.45) is 6.80. The number of hydrogen-bond donors (Lipinski definition) is 3. The Morgan fingerprint density at radius 1 is 1.12 bits per heavy atom. The minimum atomic E-state index is -0.532. The van der Waals surface area contributed by atoms with E-state index in [1.54, 1.807) is 6.08 Å². The van der Waals surface area contributed by atoms with Crippen LogP contribution in [0.3, 0.4) is 0 Å². The highest BCUT2D eigenvalue weighted by atomic mass is 16.5. The summed E-state index contributed by atoms with van der Waals surface area (Å²) in [5.74, 6) is 0.526. The molecule has 3 rings (SSSR count). The Kier molecular flexibility index (Phi) is 6.45. The number of rotatable bonds is 7. The van der Waals surface area contributed by atoms with Gasteiger partial charge in [-0.1, -0.05) is 12.2 Å². The minimum absolute atomic E-state index is 0.0272. The highest BCUT2D eigenvalue weighted by molar-refractivity contribution is 5.79. The standard InChI is InChI=1S/C18H28N2O5/c21-11-16-15(20-18(23)13-5-7-24-8-6-13)4-3-14(25-16)9-17(22)19-10-12-1-2-12/h3-4,12-16,21H,1-2,5-11H2,(H,19,22)(H,20,23)/t14-,15+,16-/m1/s1. The zero-order valence-electron chi connectivity index (χ0n) is 14.5. The van der Waals surface area contributed by atoms with E-state index in [4.69, 9.17) is 9.47 Å². The van der Waals surface area contributed by atoms with Crippen LogP contribution in [0.25, 0.3) is 0 Å². The number of carbonyl (C=O) groups is 2. The van der Waals surface area contributed by atoms with Crippen molar-refractivity contribution in [2.75, 3.05) is 26.4 Å². The Morgan fingerprint density at radius 2 is 1.88 bits per heavy atom. The molecule has 0 aromatic carbocycles. The average Bonchev–Trinajstić information content (AvgIpc) is 3.46. The van der Waals surface area contributed by atoms with E-state index in [2.05, 4.69) is 10.6 Å². The van der Waals surface area contributed by atoms with Gasteiger partial charge in [-0.25, -0.2) is 0 Å². The second-order valence-electron chi connectivity index (χ2n) is 7.15. The molecular weight excluding hydrogens is 324 g/mol. The van der Waals surface area contributed by atoms with Gasteiger partial charge in [0.15, 0.2) is 0 Å². The van der Waals surface area contributed by atoms with Crippen molar-refractivity contribution in [2.45, 2.75) is 50.4 Å². The summed E-state index contributed by atoms with van der Waals surface area (Å²) in [6.45, 7) is 1.75. The van der Waals surface area contributed by atoms with Gasteiger partial charge in [0.2, 0.25) is 11.8 Å². The van der Waals surface area contributed by atoms with Crippen molar-refractivity contribution in [3.63, 3.8) is 0 Å². The fourth-order valence-electron chi connectivity index (χ4n) is 3.21. The second kappa shape index (κ2) is 8.78. The van der Waals surface area contributed by atoms with Gasteiger partial charge in [0.1, 0.15) is 6.10 Å². The highest BCUT2D eigenvalue weighted by Gasteiger charge is 2.31. The molecule has 0 spiro atoms. The molecule has 2 heterocycles. The van der Waals surface area contributed by atoms with Gasteiger partial charge < -0.3 is 25.2 Å². The summed E-state index contributed by atoms with van der Waals surface area (Å²) in [7, 11) is 0. The van der Waals surface area contributed by atoms with Crippen LogP contribution in [0.15, 0.2) is 12.2 Å². The first-order valence-electron chi connectivity index (χ1n) is 9.25. The summed E-state index contributed by atoms with van der Waals surface area (Å²) < 4.78 is 11.1. The highest BCUT2D eigenvalue weighted by Crippen LogP contribution is 2.27. The maximum absolute atomic E-state index is 12.3. The van der Waals surface area contributed by atoms with Crippen molar-refractivity contribution < 1.29 is 24.2 Å². The molecule has 3 aliphatic rings. The van der Waals surface area contributed by atoms with Gasteiger partial charge in [0.05, 0.1) is 25.2 Å². The zero-order valence-corrected chi connectivity index (χ0v) is 14.5. The lowest BCUT2D eigenvalue weighted by Gasteiger charge is -2.33. The first-order chi connectivity index (χ1) is 12.2. The molecule has 0 bridgehead atoms. The van der Waals surface area contributed by atoms with E-state index < -0.39 is 6.10 Å². The molecule has 25 heavy (non-hydrogen) atoms. The topological polar surface area (TPSA) is 96.9 Å². The van der Waals surface area contributed by atoms with E-state index in [1.807, 2.05) is 6.08 Å². The van der Waals surface area contributed by atoms with Gasteiger partial charge in [-0.3, -0.25) is 9.59 Å². The number of hydrogen-bond acceptors (Lipinski definition) is 5. The molecule has 3 atom stereocenters. The van der Waals surface area contributed by atoms with Gasteiger partial charge in [-0.05, 0) is 31.6 Å². The fraction of sp³-hybridized carbons (Fsp3) is 0.778. The van der Waals surface area contributed by atoms with Crippen LogP contribution in [0.2, 0.25) is 0 Å². The minimum Gasteiger partial charge on any atom is -0.394 e. The van der Waals surface area contributed by atoms with E-state index in [1.165, 1.54) is 12.8 Å². The number of aliphatic hydroxyl groups is 1. The van der Waals surface area contributed by atoms with Crippen LogP contribution in [0, 0.1) is 11.8 Å². The maximum atomic E-state index is 12.3. The third kappa shape index (κ3) is 5.52. The molecule has 1 saturated carbocycles. The van der Waals surface area contributed by atoms with Gasteiger partial charge in [-0.2, -0.15) is 0 Å². The normalized spacial score (nSPS) is 30.0. The summed E-state index contributed by atoms with van der Waals surface area (Å²) in [4.78, 5) is 24.3. The number of ether oxygens (including phenoxy) is 2. The zero-order chi connectivity index (χ0) is 17.6. The van der Waals surface area contributed by atoms with Gasteiger partial charge >= 0.3 is 0 Å². The number of carbonyl (C=O) groups excluding carboxylic acids is 2. The molecule has 2 fully saturated rings. The van der Waals surface area contributed by atoms with Crippen LogP contribution in [-0.2, 0) is 19.1 Å². The summed E-state index contributed by atoms with van der Waals surface area (Å²) in [5, 5.41) is 15.4. The molecular formula is C18H28N2O5. The fourth-order valence-corrected chi connectivity index (χ4v) is 3.21. The van der Waals surface area contributed by atoms with E-state index in [0.29, 0.717) is 19.1 Å². The largest absolute Gasteiger partial charge is 0.394 e. The molecule has 0 aromatic rings. The predicted molar refractivity (Wildman–Crippen MR) is 90.7 cm³/mol. The number of amides is 2. The number of aliphatic hydroxyl groups excluding tert-OH is 1. The summed E-state index contributed by atoms with van der Waals surface area (Å²) >= 11 is 0. The quantitative estimate of drug-likeness (QED) is 0.566. The molecule has 0 unspecified atom stereocenters. The average molecular weight is 352 g/mol. The van der Waals surface area contributed by atoms with Crippen molar-refractivity contribution in [3.8, 4) is 0 Å². The van der Waals surface area contributed by atoms with Crippen LogP contribution in [-0.4, -0.2) is 61.5 Å². The summed E-state index contributed by atoms with van der Waals surface area (Å²) in [5.41, 5.74) is 0. The molecule has 7 heteroatoms. The first-order valence-corrected chi connectivity index (χ1v) is 9.25. The molecule has 0 radical (unpaired) electrons. The van der Waals surface area contributed by atoms with Crippen LogP contribution in [0.4, 0.5) is 0 Å². The third-order valence-corrected chi connectivity index (χ3v) is 5.04. The van der Waals surface area contributed by atoms with Gasteiger partial charge in [-0.15, -0.1) is 0 Å². The Hall–Kier alpha value is -1.44. The Bertz CT molecular complexity index is 500. The second-order valence-corrected chi connectivity index (χ2v) is 7.15. The van der Waals surface area contributed by atoms with Crippen LogP contribution in [0.5, 0.6) is 0 Å². The third-order valence-electron chi connectivity index (χ3n) is 5.04. The van der Waals surface area contributed by atoms with Crippen LogP contribution in [0.1, 0.15) is 32.1 Å². The Balaban J connectivity index is 1.47. The molecule has 1 aliphatic carbocycles. The van der Waals surface area contributed by atoms with Crippen molar-refractivity contribution >= 4 is 11.8 Å². The van der Waals surface area contributed by atoms with E-state index in [-0.39, 0.29) is 42.9 Å². The van der Waals surface area contributed by atoms with Crippen molar-refractivity contribution in [3.05, 3.63) is 12.2 Å². The van der Waals surface area contributed by atoms with E-state index in [0.717, 1.165) is 19.4 Å². The molecule has 140 valence electrons. The molecule has 7 nitrogen and oxygen atoms in total. The van der Waals surface area contributed by atoms with E-state index >= 15 is 0 Å². The van der Waals surface area contributed by atoms with Crippen LogP contribution >= 0.6 is 0 Å². The Morgan fingerprint density at radius 3 is 2.56 bits per heavy atom. The lowest BCUT2D eigenvalue weighted by Crippen LogP contribution is -2.50. The summed E-state index contributed by atoms with van der Waals surface area (Å²) in [6, 6.07) is -0.369. The predicted octanol–water partition coefficient (Wildman–Crippen LogP) is 0.130. The van der Waals surface area contributed by atoms with Crippen molar-refractivity contribution in [2.24, 2.45) is 11.8 Å². The van der Waals surface area contributed by atoms with Crippen molar-refractivity contribution in [1.82, 2.24) is 10.6 Å². The number of nitrogens with one attached hydrogen (secondary N) is 2. The Labute approximate surface area is 148 Å². The first kappa shape index (κ1) is 18.4. The molecule has 1 saturated heterocycles. The monoisotopic (exact) mass is 352 g/mol. The van der Waals surface area contributed by atoms with Gasteiger partial charge in [0, 0.05) is 25.7 Å². The molecule has 3 N–H and O–H groups in total. The smallest absolute Gasteiger partial charge is 0.223 e. The molecule has 2 aliphatic heterocycles. The van der Waals surface area contributed by atoms with E-state index in [9.17, 15) is 14.7 Å². The van der Waals surface area contributed by atoms with Crippen molar-refractivity contribution in [1.29, 1.82) is 0 Å². The maximum Gasteiger partial charge on any atom is 0.223 e. The van der Waals surface area contributed by atoms with Crippen LogP contribution < -0.4 is 10.6 Å².